The Morgan fingerprint density at radius 3 is 0.618 bits per heavy atom. The fraction of sp³-hybridized carbons (Fsp3) is 1.00. The number of rotatable bonds is 31. The molecular formula is C33H68S. The first kappa shape index (κ1) is 34.4. The van der Waals surface area contributed by atoms with E-state index in [1.54, 1.807) is 0 Å². The van der Waals surface area contributed by atoms with Crippen LogP contribution in [0.25, 0.3) is 0 Å². The van der Waals surface area contributed by atoms with E-state index in [1.807, 2.05) is 0 Å². The van der Waals surface area contributed by atoms with Crippen LogP contribution >= 0.6 is 11.8 Å². The molecule has 0 aromatic rings. The quantitative estimate of drug-likeness (QED) is 0.0859. The van der Waals surface area contributed by atoms with E-state index < -0.39 is 0 Å². The maximum absolute atomic E-state index is 2.31. The third kappa shape index (κ3) is 32.4. The molecule has 0 saturated carbocycles. The number of thioether (sulfide) groups is 1. The Morgan fingerprint density at radius 2 is 0.412 bits per heavy atom. The second-order valence-electron chi connectivity index (χ2n) is 11.2. The second-order valence-corrected chi connectivity index (χ2v) is 12.4. The van der Waals surface area contributed by atoms with Crippen LogP contribution in [0.2, 0.25) is 0 Å². The molecule has 206 valence electrons. The van der Waals surface area contributed by atoms with Crippen molar-refractivity contribution in [2.45, 2.75) is 200 Å². The standard InChI is InChI=1S/C33H68S/c1-3-5-7-9-11-13-15-17-18-19-21-23-25-27-29-31-33-34-32-30-28-26-24-22-20-16-14-12-10-8-6-4-2/h3-33H2,1-2H3. The maximum Gasteiger partial charge on any atom is -0.00675 e. The van der Waals surface area contributed by atoms with Crippen molar-refractivity contribution in [1.29, 1.82) is 0 Å². The van der Waals surface area contributed by atoms with Crippen molar-refractivity contribution in [3.63, 3.8) is 0 Å². The highest BCUT2D eigenvalue weighted by Crippen LogP contribution is 2.16. The van der Waals surface area contributed by atoms with Gasteiger partial charge in [-0.1, -0.05) is 187 Å². The zero-order valence-corrected chi connectivity index (χ0v) is 25.1. The van der Waals surface area contributed by atoms with Gasteiger partial charge in [0, 0.05) is 0 Å². The number of hydrogen-bond acceptors (Lipinski definition) is 1. The van der Waals surface area contributed by atoms with E-state index in [4.69, 9.17) is 0 Å². The Kier molecular flexibility index (Phi) is 33.7. The van der Waals surface area contributed by atoms with Crippen LogP contribution in [0.15, 0.2) is 0 Å². The molecule has 0 amide bonds. The van der Waals surface area contributed by atoms with E-state index in [1.165, 1.54) is 198 Å². The molecule has 0 rings (SSSR count). The molecule has 0 aromatic heterocycles. The Bertz CT molecular complexity index is 295. The lowest BCUT2D eigenvalue weighted by molar-refractivity contribution is 0.531. The fourth-order valence-corrected chi connectivity index (χ4v) is 6.10. The van der Waals surface area contributed by atoms with Crippen LogP contribution in [0.1, 0.15) is 200 Å². The van der Waals surface area contributed by atoms with Crippen molar-refractivity contribution >= 4 is 11.8 Å². The van der Waals surface area contributed by atoms with Gasteiger partial charge in [-0.05, 0) is 24.3 Å². The van der Waals surface area contributed by atoms with Crippen LogP contribution in [0.4, 0.5) is 0 Å². The minimum absolute atomic E-state index is 1.37. The molecule has 0 unspecified atom stereocenters. The summed E-state index contributed by atoms with van der Waals surface area (Å²) in [7, 11) is 0. The van der Waals surface area contributed by atoms with Crippen molar-refractivity contribution in [2.24, 2.45) is 0 Å². The van der Waals surface area contributed by atoms with Crippen molar-refractivity contribution in [2.75, 3.05) is 11.5 Å². The van der Waals surface area contributed by atoms with Gasteiger partial charge in [-0.3, -0.25) is 0 Å². The van der Waals surface area contributed by atoms with Gasteiger partial charge in [0.2, 0.25) is 0 Å². The molecule has 0 aliphatic heterocycles. The largest absolute Gasteiger partial charge is 0.162 e. The van der Waals surface area contributed by atoms with Gasteiger partial charge in [-0.2, -0.15) is 11.8 Å². The third-order valence-corrected chi connectivity index (χ3v) is 8.69. The molecule has 0 spiro atoms. The summed E-state index contributed by atoms with van der Waals surface area (Å²) >= 11 is 2.22. The van der Waals surface area contributed by atoms with E-state index in [-0.39, 0.29) is 0 Å². The first-order valence-corrected chi connectivity index (χ1v) is 17.6. The summed E-state index contributed by atoms with van der Waals surface area (Å²) in [5, 5.41) is 0. The van der Waals surface area contributed by atoms with Crippen LogP contribution in [-0.4, -0.2) is 11.5 Å². The summed E-state index contributed by atoms with van der Waals surface area (Å²) in [5.74, 6) is 2.83. The lowest BCUT2D eigenvalue weighted by atomic mass is 10.0. The van der Waals surface area contributed by atoms with E-state index in [9.17, 15) is 0 Å². The molecule has 0 aliphatic carbocycles. The van der Waals surface area contributed by atoms with Gasteiger partial charge in [0.15, 0.2) is 0 Å². The molecule has 0 fully saturated rings. The van der Waals surface area contributed by atoms with E-state index in [0.29, 0.717) is 0 Å². The molecule has 0 nitrogen and oxygen atoms in total. The number of hydrogen-bond donors (Lipinski definition) is 0. The Hall–Kier alpha value is 0.350. The summed E-state index contributed by atoms with van der Waals surface area (Å²) in [6.07, 6.45) is 42.7. The highest BCUT2D eigenvalue weighted by molar-refractivity contribution is 7.99. The van der Waals surface area contributed by atoms with E-state index in [0.717, 1.165) is 0 Å². The summed E-state index contributed by atoms with van der Waals surface area (Å²) < 4.78 is 0. The minimum atomic E-state index is 1.37. The smallest absolute Gasteiger partial charge is 0.00675 e. The topological polar surface area (TPSA) is 0 Å². The maximum atomic E-state index is 2.31. The molecule has 0 saturated heterocycles. The van der Waals surface area contributed by atoms with Gasteiger partial charge in [-0.25, -0.2) is 0 Å². The van der Waals surface area contributed by atoms with Crippen LogP contribution < -0.4 is 0 Å². The van der Waals surface area contributed by atoms with E-state index in [2.05, 4.69) is 25.6 Å². The highest BCUT2D eigenvalue weighted by Gasteiger charge is 1.97. The molecular weight excluding hydrogens is 428 g/mol. The number of unbranched alkanes of at least 4 members (excludes halogenated alkanes) is 27. The molecule has 0 aliphatic rings. The summed E-state index contributed by atoms with van der Waals surface area (Å²) in [5.41, 5.74) is 0. The van der Waals surface area contributed by atoms with Gasteiger partial charge < -0.3 is 0 Å². The Labute approximate surface area is 223 Å². The molecule has 0 aromatic carbocycles. The van der Waals surface area contributed by atoms with Gasteiger partial charge >= 0.3 is 0 Å². The minimum Gasteiger partial charge on any atom is -0.162 e. The monoisotopic (exact) mass is 497 g/mol. The van der Waals surface area contributed by atoms with Crippen LogP contribution in [0.3, 0.4) is 0 Å². The van der Waals surface area contributed by atoms with Gasteiger partial charge in [0.25, 0.3) is 0 Å². The van der Waals surface area contributed by atoms with E-state index >= 15 is 0 Å². The molecule has 0 radical (unpaired) electrons. The molecule has 0 N–H and O–H groups in total. The third-order valence-electron chi connectivity index (χ3n) is 7.53. The van der Waals surface area contributed by atoms with Gasteiger partial charge in [0.05, 0.1) is 0 Å². The van der Waals surface area contributed by atoms with Crippen molar-refractivity contribution < 1.29 is 0 Å². The Balaban J connectivity index is 2.99. The SMILES string of the molecule is CCCCCCCCCCCCCCCCCCSCCCCCCCCCCCCCCC. The summed E-state index contributed by atoms with van der Waals surface area (Å²) in [6.45, 7) is 4.61. The Morgan fingerprint density at radius 1 is 0.235 bits per heavy atom. The molecule has 0 bridgehead atoms. The predicted molar refractivity (Wildman–Crippen MR) is 163 cm³/mol. The molecule has 0 heterocycles. The predicted octanol–water partition coefficient (Wildman–Crippen LogP) is 13.1. The average molecular weight is 497 g/mol. The van der Waals surface area contributed by atoms with Crippen molar-refractivity contribution in [3.05, 3.63) is 0 Å². The highest BCUT2D eigenvalue weighted by atomic mass is 32.2. The van der Waals surface area contributed by atoms with Crippen LogP contribution in [0, 0.1) is 0 Å². The lowest BCUT2D eigenvalue weighted by Gasteiger charge is -2.04. The second kappa shape index (κ2) is 33.4. The zero-order chi connectivity index (χ0) is 24.6. The fourth-order valence-electron chi connectivity index (χ4n) is 5.08. The normalized spacial score (nSPS) is 11.5. The van der Waals surface area contributed by atoms with Gasteiger partial charge in [0.1, 0.15) is 0 Å². The van der Waals surface area contributed by atoms with Crippen LogP contribution in [0.5, 0.6) is 0 Å². The zero-order valence-electron chi connectivity index (χ0n) is 24.3. The van der Waals surface area contributed by atoms with Crippen molar-refractivity contribution in [1.82, 2.24) is 0 Å². The molecule has 0 atom stereocenters. The van der Waals surface area contributed by atoms with Gasteiger partial charge in [-0.15, -0.1) is 0 Å². The molecule has 1 heteroatoms. The summed E-state index contributed by atoms with van der Waals surface area (Å²) in [4.78, 5) is 0. The first-order valence-electron chi connectivity index (χ1n) is 16.5. The van der Waals surface area contributed by atoms with Crippen molar-refractivity contribution in [3.8, 4) is 0 Å². The van der Waals surface area contributed by atoms with Crippen LogP contribution in [-0.2, 0) is 0 Å². The average Bonchev–Trinajstić information content (AvgIpc) is 2.85. The lowest BCUT2D eigenvalue weighted by Crippen LogP contribution is -1.87. The molecule has 34 heavy (non-hydrogen) atoms. The first-order chi connectivity index (χ1) is 16.9. The summed E-state index contributed by atoms with van der Waals surface area (Å²) in [6, 6.07) is 0.